The van der Waals surface area contributed by atoms with Gasteiger partial charge in [0.1, 0.15) is 0 Å². The lowest BCUT2D eigenvalue weighted by Gasteiger charge is -2.10. The van der Waals surface area contributed by atoms with E-state index < -0.39 is 29.4 Å². The zero-order valence-electron chi connectivity index (χ0n) is 8.32. The third kappa shape index (κ3) is 3.23. The minimum Gasteiger partial charge on any atom is -0.480 e. The summed E-state index contributed by atoms with van der Waals surface area (Å²) in [5, 5.41) is 30.7. The van der Waals surface area contributed by atoms with Gasteiger partial charge in [-0.2, -0.15) is 0 Å². The lowest BCUT2D eigenvalue weighted by atomic mass is 10.2. The van der Waals surface area contributed by atoms with Crippen LogP contribution in [0.1, 0.15) is 10.4 Å². The van der Waals surface area contributed by atoms with Crippen LogP contribution in [0.15, 0.2) is 11.4 Å². The number of hydrogen-bond acceptors (Lipinski definition) is 6. The summed E-state index contributed by atoms with van der Waals surface area (Å²) in [5.41, 5.74) is -0.0126. The highest BCUT2D eigenvalue weighted by atomic mass is 32.1. The van der Waals surface area contributed by atoms with Gasteiger partial charge in [-0.3, -0.25) is 14.9 Å². The van der Waals surface area contributed by atoms with Crippen molar-refractivity contribution in [2.24, 2.45) is 0 Å². The summed E-state index contributed by atoms with van der Waals surface area (Å²) < 4.78 is 0. The number of amides is 1. The molecule has 1 atom stereocenters. The standard InChI is InChI=1S/C8H8N2O6S/c11-2-5(8(13)14)9-7(12)4-1-6(10(15)16)17-3-4/h1,3,5,11H,2H2,(H,9,12)(H,13,14). The number of aliphatic hydroxyl groups excluding tert-OH is 1. The van der Waals surface area contributed by atoms with E-state index in [4.69, 9.17) is 10.2 Å². The number of nitro groups is 1. The van der Waals surface area contributed by atoms with Crippen LogP contribution < -0.4 is 5.32 Å². The fraction of sp³-hybridized carbons (Fsp3) is 0.250. The lowest BCUT2D eigenvalue weighted by Crippen LogP contribution is -2.43. The first-order chi connectivity index (χ1) is 7.95. The summed E-state index contributed by atoms with van der Waals surface area (Å²) in [5.74, 6) is -2.17. The van der Waals surface area contributed by atoms with E-state index in [0.717, 1.165) is 17.4 Å². The third-order valence-corrected chi connectivity index (χ3v) is 2.69. The van der Waals surface area contributed by atoms with Crippen LogP contribution in [0.2, 0.25) is 0 Å². The Hall–Kier alpha value is -2.00. The third-order valence-electron chi connectivity index (χ3n) is 1.81. The second-order valence-corrected chi connectivity index (χ2v) is 3.87. The second-order valence-electron chi connectivity index (χ2n) is 2.98. The maximum Gasteiger partial charge on any atom is 0.328 e. The molecule has 8 nitrogen and oxygen atoms in total. The largest absolute Gasteiger partial charge is 0.480 e. The van der Waals surface area contributed by atoms with E-state index in [9.17, 15) is 19.7 Å². The van der Waals surface area contributed by atoms with E-state index in [1.54, 1.807) is 0 Å². The van der Waals surface area contributed by atoms with E-state index in [2.05, 4.69) is 0 Å². The number of rotatable bonds is 5. The van der Waals surface area contributed by atoms with Crippen LogP contribution >= 0.6 is 11.3 Å². The highest BCUT2D eigenvalue weighted by Gasteiger charge is 2.21. The summed E-state index contributed by atoms with van der Waals surface area (Å²) >= 11 is 0.759. The maximum absolute atomic E-state index is 11.5. The van der Waals surface area contributed by atoms with E-state index in [1.807, 2.05) is 5.32 Å². The Labute approximate surface area is 98.6 Å². The van der Waals surface area contributed by atoms with Gasteiger partial charge in [0.2, 0.25) is 0 Å². The average molecular weight is 260 g/mol. The Morgan fingerprint density at radius 1 is 1.59 bits per heavy atom. The number of carboxylic acid groups (broad SMARTS) is 1. The van der Waals surface area contributed by atoms with Crippen molar-refractivity contribution in [1.82, 2.24) is 5.32 Å². The molecule has 0 aliphatic carbocycles. The molecule has 17 heavy (non-hydrogen) atoms. The van der Waals surface area contributed by atoms with Crippen molar-refractivity contribution >= 4 is 28.2 Å². The van der Waals surface area contributed by atoms with Crippen LogP contribution in [0.3, 0.4) is 0 Å². The fourth-order valence-corrected chi connectivity index (χ4v) is 1.67. The molecule has 0 aliphatic rings. The van der Waals surface area contributed by atoms with Crippen molar-refractivity contribution in [3.05, 3.63) is 27.1 Å². The molecule has 1 unspecified atom stereocenters. The van der Waals surface area contributed by atoms with Crippen LogP contribution in [0.25, 0.3) is 0 Å². The number of hydrogen-bond donors (Lipinski definition) is 3. The van der Waals surface area contributed by atoms with Gasteiger partial charge >= 0.3 is 11.0 Å². The normalized spacial score (nSPS) is 11.8. The van der Waals surface area contributed by atoms with Crippen LogP contribution in [0, 0.1) is 10.1 Å². The molecule has 0 bridgehead atoms. The van der Waals surface area contributed by atoms with Crippen LogP contribution in [0.5, 0.6) is 0 Å². The molecule has 0 saturated heterocycles. The Morgan fingerprint density at radius 3 is 2.65 bits per heavy atom. The number of nitrogens with zero attached hydrogens (tertiary/aromatic N) is 1. The predicted molar refractivity (Wildman–Crippen MR) is 56.9 cm³/mol. The number of thiophene rings is 1. The second kappa shape index (κ2) is 5.37. The number of carboxylic acids is 1. The van der Waals surface area contributed by atoms with Gasteiger partial charge in [0, 0.05) is 11.4 Å². The Bertz CT molecular complexity index is 457. The van der Waals surface area contributed by atoms with Crippen molar-refractivity contribution in [2.45, 2.75) is 6.04 Å². The molecule has 3 N–H and O–H groups in total. The summed E-state index contributed by atoms with van der Waals surface area (Å²) in [6, 6.07) is -0.391. The highest BCUT2D eigenvalue weighted by Crippen LogP contribution is 2.22. The first kappa shape index (κ1) is 13.1. The zero-order chi connectivity index (χ0) is 13.0. The summed E-state index contributed by atoms with van der Waals surface area (Å²) in [7, 11) is 0. The van der Waals surface area contributed by atoms with Gasteiger partial charge in [0.25, 0.3) is 5.91 Å². The Morgan fingerprint density at radius 2 is 2.24 bits per heavy atom. The molecule has 0 aliphatic heterocycles. The number of carbonyl (C=O) groups is 2. The topological polar surface area (TPSA) is 130 Å². The summed E-state index contributed by atoms with van der Waals surface area (Å²) in [4.78, 5) is 31.7. The molecule has 1 amide bonds. The molecule has 1 aromatic heterocycles. The predicted octanol–water partition coefficient (Wildman–Crippen LogP) is -0.168. The van der Waals surface area contributed by atoms with E-state index in [1.165, 1.54) is 5.38 Å². The van der Waals surface area contributed by atoms with Gasteiger partial charge in [-0.25, -0.2) is 4.79 Å². The van der Waals surface area contributed by atoms with Gasteiger partial charge < -0.3 is 15.5 Å². The molecule has 92 valence electrons. The number of carbonyl (C=O) groups excluding carboxylic acids is 1. The van der Waals surface area contributed by atoms with Gasteiger partial charge in [-0.1, -0.05) is 11.3 Å². The molecule has 9 heteroatoms. The first-order valence-electron chi connectivity index (χ1n) is 4.33. The molecular formula is C8H8N2O6S. The Kier molecular flexibility index (Phi) is 4.12. The average Bonchev–Trinajstić information content (AvgIpc) is 2.74. The first-order valence-corrected chi connectivity index (χ1v) is 5.21. The van der Waals surface area contributed by atoms with E-state index in [0.29, 0.717) is 0 Å². The zero-order valence-corrected chi connectivity index (χ0v) is 9.14. The summed E-state index contributed by atoms with van der Waals surface area (Å²) in [6.45, 7) is -0.757. The maximum atomic E-state index is 11.5. The van der Waals surface area contributed by atoms with Gasteiger partial charge in [0.05, 0.1) is 17.1 Å². The molecule has 0 spiro atoms. The molecule has 0 aromatic carbocycles. The SMILES string of the molecule is O=C(NC(CO)C(=O)O)c1csc([N+](=O)[O-])c1. The Balaban J connectivity index is 2.75. The fourth-order valence-electron chi connectivity index (χ4n) is 0.967. The van der Waals surface area contributed by atoms with Crippen molar-refractivity contribution in [3.8, 4) is 0 Å². The van der Waals surface area contributed by atoms with Crippen molar-refractivity contribution < 1.29 is 24.7 Å². The molecule has 0 fully saturated rings. The van der Waals surface area contributed by atoms with Crippen LogP contribution in [0.4, 0.5) is 5.00 Å². The molecule has 1 heterocycles. The lowest BCUT2D eigenvalue weighted by molar-refractivity contribution is -0.380. The van der Waals surface area contributed by atoms with Gasteiger partial charge in [-0.05, 0) is 0 Å². The van der Waals surface area contributed by atoms with Crippen molar-refractivity contribution in [3.63, 3.8) is 0 Å². The minimum absolute atomic E-state index is 0.0126. The smallest absolute Gasteiger partial charge is 0.328 e. The minimum atomic E-state index is -1.43. The van der Waals surface area contributed by atoms with E-state index in [-0.39, 0.29) is 10.6 Å². The quantitative estimate of drug-likeness (QED) is 0.497. The molecular weight excluding hydrogens is 252 g/mol. The van der Waals surface area contributed by atoms with Crippen LogP contribution in [-0.2, 0) is 4.79 Å². The monoisotopic (exact) mass is 260 g/mol. The summed E-state index contributed by atoms with van der Waals surface area (Å²) in [6.07, 6.45) is 0. The number of aliphatic carboxylic acids is 1. The van der Waals surface area contributed by atoms with E-state index >= 15 is 0 Å². The van der Waals surface area contributed by atoms with Gasteiger partial charge in [-0.15, -0.1) is 0 Å². The molecule has 1 rings (SSSR count). The number of aliphatic hydroxyl groups is 1. The molecule has 0 saturated carbocycles. The molecule has 0 radical (unpaired) electrons. The van der Waals surface area contributed by atoms with Crippen LogP contribution in [-0.4, -0.2) is 39.7 Å². The highest BCUT2D eigenvalue weighted by molar-refractivity contribution is 7.13. The van der Waals surface area contributed by atoms with Crippen molar-refractivity contribution in [1.29, 1.82) is 0 Å². The molecule has 1 aromatic rings. The van der Waals surface area contributed by atoms with Crippen molar-refractivity contribution in [2.75, 3.05) is 6.61 Å². The van der Waals surface area contributed by atoms with Gasteiger partial charge in [0.15, 0.2) is 6.04 Å². The number of nitrogens with one attached hydrogen (secondary N) is 1.